The zero-order valence-electron chi connectivity index (χ0n) is 10.4. The number of carbonyl (C=O) groups excluding carboxylic acids is 1. The van der Waals surface area contributed by atoms with Gasteiger partial charge in [0.05, 0.1) is 16.9 Å². The summed E-state index contributed by atoms with van der Waals surface area (Å²) in [7, 11) is 1.57. The van der Waals surface area contributed by atoms with Gasteiger partial charge in [-0.2, -0.15) is 5.11 Å². The van der Waals surface area contributed by atoms with Crippen LogP contribution in [0.25, 0.3) is 0 Å². The van der Waals surface area contributed by atoms with Crippen molar-refractivity contribution in [1.29, 1.82) is 0 Å². The van der Waals surface area contributed by atoms with E-state index in [1.54, 1.807) is 43.4 Å². The van der Waals surface area contributed by atoms with Crippen molar-refractivity contribution in [1.82, 2.24) is 5.32 Å². The number of benzene rings is 2. The van der Waals surface area contributed by atoms with Gasteiger partial charge in [0.25, 0.3) is 5.91 Å². The molecular formula is C14H13N3O2. The molecule has 0 heterocycles. The van der Waals surface area contributed by atoms with E-state index < -0.39 is 0 Å². The first-order valence-corrected chi connectivity index (χ1v) is 5.72. The molecule has 96 valence electrons. The van der Waals surface area contributed by atoms with Crippen molar-refractivity contribution in [2.45, 2.75) is 0 Å². The molecule has 1 amide bonds. The van der Waals surface area contributed by atoms with Crippen LogP contribution in [0.4, 0.5) is 11.4 Å². The third-order valence-electron chi connectivity index (χ3n) is 2.50. The van der Waals surface area contributed by atoms with Crippen LogP contribution in [0.1, 0.15) is 10.4 Å². The Bertz CT molecular complexity index is 606. The number of carbonyl (C=O) groups is 1. The lowest BCUT2D eigenvalue weighted by Gasteiger charge is -2.02. The Balaban J connectivity index is 2.28. The predicted octanol–water partition coefficient (Wildman–Crippen LogP) is 3.17. The average Bonchev–Trinajstić information content (AvgIpc) is 2.46. The summed E-state index contributed by atoms with van der Waals surface area (Å²) in [5.74, 6) is -0.0371. The zero-order chi connectivity index (χ0) is 13.7. The predicted molar refractivity (Wildman–Crippen MR) is 72.1 cm³/mol. The molecule has 0 aliphatic rings. The van der Waals surface area contributed by atoms with Gasteiger partial charge < -0.3 is 10.4 Å². The van der Waals surface area contributed by atoms with Crippen LogP contribution < -0.4 is 5.32 Å². The summed E-state index contributed by atoms with van der Waals surface area (Å²) in [5.41, 5.74) is 1.56. The van der Waals surface area contributed by atoms with E-state index in [-0.39, 0.29) is 11.7 Å². The van der Waals surface area contributed by atoms with Gasteiger partial charge in [0.2, 0.25) is 0 Å². The molecule has 0 saturated carbocycles. The summed E-state index contributed by atoms with van der Waals surface area (Å²) in [6.07, 6.45) is 0. The summed E-state index contributed by atoms with van der Waals surface area (Å²) in [4.78, 5) is 11.6. The van der Waals surface area contributed by atoms with Crippen molar-refractivity contribution in [3.8, 4) is 5.75 Å². The van der Waals surface area contributed by atoms with E-state index in [0.717, 1.165) is 0 Å². The minimum Gasteiger partial charge on any atom is -0.508 e. The van der Waals surface area contributed by atoms with Crippen LogP contribution >= 0.6 is 0 Å². The first kappa shape index (κ1) is 12.8. The molecule has 0 aliphatic heterocycles. The van der Waals surface area contributed by atoms with Gasteiger partial charge >= 0.3 is 0 Å². The molecule has 2 aromatic carbocycles. The monoisotopic (exact) mass is 255 g/mol. The summed E-state index contributed by atoms with van der Waals surface area (Å²) in [6.45, 7) is 0. The highest BCUT2D eigenvalue weighted by Crippen LogP contribution is 2.23. The Morgan fingerprint density at radius 1 is 1.05 bits per heavy atom. The first-order chi connectivity index (χ1) is 9.20. The second kappa shape index (κ2) is 5.77. The molecule has 0 bridgehead atoms. The van der Waals surface area contributed by atoms with Crippen LogP contribution in [0.15, 0.2) is 58.8 Å². The third-order valence-corrected chi connectivity index (χ3v) is 2.50. The fourth-order valence-corrected chi connectivity index (χ4v) is 1.52. The Labute approximate surface area is 110 Å². The molecule has 5 nitrogen and oxygen atoms in total. The normalized spacial score (nSPS) is 10.6. The maximum absolute atomic E-state index is 11.6. The number of hydrogen-bond acceptors (Lipinski definition) is 4. The maximum atomic E-state index is 11.6. The van der Waals surface area contributed by atoms with Crippen molar-refractivity contribution < 1.29 is 9.90 Å². The Morgan fingerprint density at radius 3 is 2.42 bits per heavy atom. The molecule has 0 unspecified atom stereocenters. The van der Waals surface area contributed by atoms with E-state index in [0.29, 0.717) is 16.9 Å². The summed E-state index contributed by atoms with van der Waals surface area (Å²) in [5, 5.41) is 19.8. The number of nitrogens with one attached hydrogen (secondary N) is 1. The van der Waals surface area contributed by atoms with E-state index in [9.17, 15) is 4.79 Å². The third kappa shape index (κ3) is 3.16. The topological polar surface area (TPSA) is 74.0 Å². The Hall–Kier alpha value is -2.69. The number of nitrogens with zero attached hydrogens (tertiary/aromatic N) is 2. The molecule has 0 aliphatic carbocycles. The molecule has 0 aromatic heterocycles. The number of azo groups is 1. The van der Waals surface area contributed by atoms with Crippen LogP contribution in [0.3, 0.4) is 0 Å². The smallest absolute Gasteiger partial charge is 0.253 e. The molecule has 0 saturated heterocycles. The van der Waals surface area contributed by atoms with Crippen LogP contribution in [-0.4, -0.2) is 18.1 Å². The summed E-state index contributed by atoms with van der Waals surface area (Å²) < 4.78 is 0. The van der Waals surface area contributed by atoms with Crippen molar-refractivity contribution >= 4 is 17.3 Å². The second-order valence-corrected chi connectivity index (χ2v) is 3.81. The average molecular weight is 255 g/mol. The largest absolute Gasteiger partial charge is 0.508 e. The Kier molecular flexibility index (Phi) is 3.87. The number of hydrogen-bond donors (Lipinski definition) is 2. The van der Waals surface area contributed by atoms with E-state index in [1.807, 2.05) is 0 Å². The molecule has 5 heteroatoms. The molecule has 0 radical (unpaired) electrons. The first-order valence-electron chi connectivity index (χ1n) is 5.72. The summed E-state index contributed by atoms with van der Waals surface area (Å²) >= 11 is 0. The molecule has 0 atom stereocenters. The van der Waals surface area contributed by atoms with Crippen molar-refractivity contribution in [2.75, 3.05) is 7.05 Å². The van der Waals surface area contributed by atoms with Crippen molar-refractivity contribution in [2.24, 2.45) is 10.2 Å². The number of phenols is 1. The highest BCUT2D eigenvalue weighted by molar-refractivity contribution is 5.98. The van der Waals surface area contributed by atoms with E-state index in [4.69, 9.17) is 5.11 Å². The summed E-state index contributed by atoms with van der Waals surface area (Å²) in [6, 6.07) is 13.3. The van der Waals surface area contributed by atoms with Crippen molar-refractivity contribution in [3.63, 3.8) is 0 Å². The molecule has 2 aromatic rings. The van der Waals surface area contributed by atoms with Crippen LogP contribution in [-0.2, 0) is 0 Å². The van der Waals surface area contributed by atoms with Gasteiger partial charge in [-0.3, -0.25) is 4.79 Å². The van der Waals surface area contributed by atoms with E-state index in [1.165, 1.54) is 12.1 Å². The lowest BCUT2D eigenvalue weighted by molar-refractivity contribution is 0.0963. The minimum absolute atomic E-state index is 0.171. The van der Waals surface area contributed by atoms with Gasteiger partial charge in [0, 0.05) is 7.05 Å². The standard InChI is InChI=1S/C14H13N3O2/c1-15-14(19)12-4-2-3-5-13(12)17-16-10-6-8-11(18)9-7-10/h2-9,18H,1H3,(H,15,19). The van der Waals surface area contributed by atoms with Gasteiger partial charge in [-0.25, -0.2) is 0 Å². The Morgan fingerprint density at radius 2 is 1.74 bits per heavy atom. The van der Waals surface area contributed by atoms with Gasteiger partial charge in [-0.05, 0) is 36.4 Å². The van der Waals surface area contributed by atoms with E-state index >= 15 is 0 Å². The second-order valence-electron chi connectivity index (χ2n) is 3.81. The lowest BCUT2D eigenvalue weighted by atomic mass is 10.2. The van der Waals surface area contributed by atoms with E-state index in [2.05, 4.69) is 15.5 Å². The fraction of sp³-hybridized carbons (Fsp3) is 0.0714. The lowest BCUT2D eigenvalue weighted by Crippen LogP contribution is -2.17. The highest BCUT2D eigenvalue weighted by Gasteiger charge is 2.08. The molecule has 2 N–H and O–H groups in total. The number of aromatic hydroxyl groups is 1. The minimum atomic E-state index is -0.208. The van der Waals surface area contributed by atoms with Crippen molar-refractivity contribution in [3.05, 3.63) is 54.1 Å². The van der Waals surface area contributed by atoms with Gasteiger partial charge in [0.1, 0.15) is 5.75 Å². The number of phenolic OH excluding ortho intramolecular Hbond substituents is 1. The fourth-order valence-electron chi connectivity index (χ4n) is 1.52. The van der Waals surface area contributed by atoms with Gasteiger partial charge in [0.15, 0.2) is 0 Å². The number of amides is 1. The maximum Gasteiger partial charge on any atom is 0.253 e. The van der Waals surface area contributed by atoms with Gasteiger partial charge in [-0.1, -0.05) is 12.1 Å². The molecule has 0 spiro atoms. The number of rotatable bonds is 3. The zero-order valence-corrected chi connectivity index (χ0v) is 10.4. The SMILES string of the molecule is CNC(=O)c1ccccc1N=Nc1ccc(O)cc1. The molecular weight excluding hydrogens is 242 g/mol. The van der Waals surface area contributed by atoms with Crippen LogP contribution in [0.5, 0.6) is 5.75 Å². The molecule has 0 fully saturated rings. The van der Waals surface area contributed by atoms with Crippen LogP contribution in [0.2, 0.25) is 0 Å². The highest BCUT2D eigenvalue weighted by atomic mass is 16.3. The van der Waals surface area contributed by atoms with Crippen LogP contribution in [0, 0.1) is 0 Å². The quantitative estimate of drug-likeness (QED) is 0.826. The van der Waals surface area contributed by atoms with Gasteiger partial charge in [-0.15, -0.1) is 5.11 Å². The molecule has 19 heavy (non-hydrogen) atoms. The molecule has 2 rings (SSSR count).